The van der Waals surface area contributed by atoms with Crippen molar-refractivity contribution < 1.29 is 22.1 Å². The zero-order valence-electron chi connectivity index (χ0n) is 14.9. The molecule has 0 aliphatic rings. The molecule has 26 heavy (non-hydrogen) atoms. The molecular formula is C19H23NO5S. The SMILES string of the molecule is COC(=O)C(COS(C)(=O)=O)N(Cc1ccccc1)Cc1ccccc1. The van der Waals surface area contributed by atoms with Crippen molar-refractivity contribution in [1.29, 1.82) is 0 Å². The second-order valence-corrected chi connectivity index (χ2v) is 7.55. The molecular weight excluding hydrogens is 354 g/mol. The minimum absolute atomic E-state index is 0.300. The van der Waals surface area contributed by atoms with Gasteiger partial charge >= 0.3 is 5.97 Å². The Morgan fingerprint density at radius 1 is 0.962 bits per heavy atom. The van der Waals surface area contributed by atoms with Crippen LogP contribution in [0.2, 0.25) is 0 Å². The van der Waals surface area contributed by atoms with Gasteiger partial charge in [0.2, 0.25) is 0 Å². The van der Waals surface area contributed by atoms with Crippen molar-refractivity contribution in [2.24, 2.45) is 0 Å². The lowest BCUT2D eigenvalue weighted by atomic mass is 10.1. The van der Waals surface area contributed by atoms with Crippen molar-refractivity contribution in [1.82, 2.24) is 4.90 Å². The first kappa shape index (κ1) is 20.1. The minimum atomic E-state index is -3.67. The Balaban J connectivity index is 2.28. The van der Waals surface area contributed by atoms with Crippen LogP contribution in [0.25, 0.3) is 0 Å². The van der Waals surface area contributed by atoms with Gasteiger partial charge in [0.15, 0.2) is 0 Å². The van der Waals surface area contributed by atoms with Crippen LogP contribution in [0.5, 0.6) is 0 Å². The van der Waals surface area contributed by atoms with E-state index < -0.39 is 22.1 Å². The van der Waals surface area contributed by atoms with E-state index >= 15 is 0 Å². The highest BCUT2D eigenvalue weighted by atomic mass is 32.2. The fourth-order valence-corrected chi connectivity index (χ4v) is 2.93. The van der Waals surface area contributed by atoms with Crippen molar-refractivity contribution in [3.05, 3.63) is 71.8 Å². The van der Waals surface area contributed by atoms with Crippen molar-refractivity contribution in [3.63, 3.8) is 0 Å². The third kappa shape index (κ3) is 6.59. The van der Waals surface area contributed by atoms with Crippen molar-refractivity contribution in [3.8, 4) is 0 Å². The summed E-state index contributed by atoms with van der Waals surface area (Å²) in [5.74, 6) is -0.541. The molecule has 2 rings (SSSR count). The van der Waals surface area contributed by atoms with E-state index in [0.29, 0.717) is 13.1 Å². The third-order valence-electron chi connectivity index (χ3n) is 3.81. The van der Waals surface area contributed by atoms with Gasteiger partial charge in [-0.05, 0) is 11.1 Å². The van der Waals surface area contributed by atoms with Crippen molar-refractivity contribution >= 4 is 16.1 Å². The summed E-state index contributed by atoms with van der Waals surface area (Å²) >= 11 is 0. The maximum Gasteiger partial charge on any atom is 0.325 e. The van der Waals surface area contributed by atoms with Gasteiger partial charge in [0.05, 0.1) is 20.0 Å². The van der Waals surface area contributed by atoms with Crippen LogP contribution in [0.1, 0.15) is 11.1 Å². The molecule has 0 saturated carbocycles. The molecule has 0 N–H and O–H groups in total. The predicted octanol–water partition coefficient (Wildman–Crippen LogP) is 2.21. The number of methoxy groups -OCH3 is 1. The van der Waals surface area contributed by atoms with Crippen molar-refractivity contribution in [2.75, 3.05) is 20.0 Å². The highest BCUT2D eigenvalue weighted by molar-refractivity contribution is 7.85. The van der Waals surface area contributed by atoms with Gasteiger partial charge in [0.25, 0.3) is 10.1 Å². The molecule has 2 aromatic rings. The van der Waals surface area contributed by atoms with E-state index in [2.05, 4.69) is 0 Å². The maximum atomic E-state index is 12.3. The van der Waals surface area contributed by atoms with Crippen LogP contribution >= 0.6 is 0 Å². The van der Waals surface area contributed by atoms with Gasteiger partial charge < -0.3 is 4.74 Å². The van der Waals surface area contributed by atoms with Crippen LogP contribution in [0.3, 0.4) is 0 Å². The predicted molar refractivity (Wildman–Crippen MR) is 98.7 cm³/mol. The van der Waals surface area contributed by atoms with E-state index in [0.717, 1.165) is 17.4 Å². The van der Waals surface area contributed by atoms with Crippen molar-refractivity contribution in [2.45, 2.75) is 19.1 Å². The highest BCUT2D eigenvalue weighted by Crippen LogP contribution is 2.15. The molecule has 0 amide bonds. The van der Waals surface area contributed by atoms with Crippen LogP contribution in [0.4, 0.5) is 0 Å². The Labute approximate surface area is 154 Å². The topological polar surface area (TPSA) is 72.9 Å². The van der Waals surface area contributed by atoms with Crippen LogP contribution in [0.15, 0.2) is 60.7 Å². The first-order valence-electron chi connectivity index (χ1n) is 8.13. The molecule has 7 heteroatoms. The van der Waals surface area contributed by atoms with E-state index in [4.69, 9.17) is 8.92 Å². The van der Waals surface area contributed by atoms with Gasteiger partial charge in [-0.2, -0.15) is 8.42 Å². The fraction of sp³-hybridized carbons (Fsp3) is 0.316. The first-order chi connectivity index (χ1) is 12.4. The molecule has 0 fully saturated rings. The van der Waals surface area contributed by atoms with E-state index in [-0.39, 0.29) is 6.61 Å². The zero-order chi connectivity index (χ0) is 19.0. The number of esters is 1. The van der Waals surface area contributed by atoms with Gasteiger partial charge in [-0.1, -0.05) is 60.7 Å². The fourth-order valence-electron chi connectivity index (χ4n) is 2.56. The maximum absolute atomic E-state index is 12.3. The first-order valence-corrected chi connectivity index (χ1v) is 9.95. The normalized spacial score (nSPS) is 12.7. The number of ether oxygens (including phenoxy) is 1. The quantitative estimate of drug-likeness (QED) is 0.493. The van der Waals surface area contributed by atoms with Gasteiger partial charge in [0, 0.05) is 13.1 Å². The number of hydrogen-bond donors (Lipinski definition) is 0. The third-order valence-corrected chi connectivity index (χ3v) is 4.38. The molecule has 0 aliphatic carbocycles. The van der Waals surface area contributed by atoms with E-state index in [1.807, 2.05) is 65.6 Å². The summed E-state index contributed by atoms with van der Waals surface area (Å²) in [6, 6.07) is 18.4. The Hall–Kier alpha value is -2.22. The molecule has 0 aromatic heterocycles. The monoisotopic (exact) mass is 377 g/mol. The van der Waals surface area contributed by atoms with Crippen LogP contribution < -0.4 is 0 Å². The largest absolute Gasteiger partial charge is 0.468 e. The Kier molecular flexibility index (Phi) is 7.32. The summed E-state index contributed by atoms with van der Waals surface area (Å²) in [7, 11) is -2.40. The summed E-state index contributed by atoms with van der Waals surface area (Å²) in [4.78, 5) is 14.2. The molecule has 6 nitrogen and oxygen atoms in total. The molecule has 0 aliphatic heterocycles. The standard InChI is InChI=1S/C19H23NO5S/c1-24-19(21)18(15-25-26(2,22)23)20(13-16-9-5-3-6-10-16)14-17-11-7-4-8-12-17/h3-12,18H,13-15H2,1-2H3. The average molecular weight is 377 g/mol. The molecule has 1 unspecified atom stereocenters. The average Bonchev–Trinajstić information content (AvgIpc) is 2.62. The molecule has 0 bridgehead atoms. The summed E-state index contributed by atoms with van der Waals surface area (Å²) < 4.78 is 32.6. The number of hydrogen-bond acceptors (Lipinski definition) is 6. The Bertz CT molecular complexity index is 752. The molecule has 0 heterocycles. The zero-order valence-corrected chi connectivity index (χ0v) is 15.7. The van der Waals surface area contributed by atoms with Gasteiger partial charge in [-0.25, -0.2) is 0 Å². The molecule has 0 spiro atoms. The van der Waals surface area contributed by atoms with E-state index in [1.165, 1.54) is 7.11 Å². The minimum Gasteiger partial charge on any atom is -0.468 e. The lowest BCUT2D eigenvalue weighted by Crippen LogP contribution is -2.44. The summed E-state index contributed by atoms with van der Waals surface area (Å²) in [6.07, 6.45) is 0.958. The van der Waals surface area contributed by atoms with E-state index in [1.54, 1.807) is 0 Å². The van der Waals surface area contributed by atoms with Gasteiger partial charge in [0.1, 0.15) is 6.04 Å². The van der Waals surface area contributed by atoms with Gasteiger partial charge in [-0.15, -0.1) is 0 Å². The second-order valence-electron chi connectivity index (χ2n) is 5.90. The van der Waals surface area contributed by atoms with Gasteiger partial charge in [-0.3, -0.25) is 13.9 Å². The smallest absolute Gasteiger partial charge is 0.325 e. The molecule has 140 valence electrons. The summed E-state index contributed by atoms with van der Waals surface area (Å²) in [6.45, 7) is 0.594. The number of rotatable bonds is 9. The molecule has 0 saturated heterocycles. The van der Waals surface area contributed by atoms with Crippen LogP contribution in [-0.2, 0) is 36.9 Å². The second kappa shape index (κ2) is 9.47. The number of nitrogens with zero attached hydrogens (tertiary/aromatic N) is 1. The number of carbonyl (C=O) groups is 1. The number of benzene rings is 2. The molecule has 0 radical (unpaired) electrons. The highest BCUT2D eigenvalue weighted by Gasteiger charge is 2.29. The lowest BCUT2D eigenvalue weighted by molar-refractivity contribution is -0.148. The Morgan fingerprint density at radius 2 is 1.42 bits per heavy atom. The molecule has 2 aromatic carbocycles. The van der Waals surface area contributed by atoms with Crippen LogP contribution in [0, 0.1) is 0 Å². The lowest BCUT2D eigenvalue weighted by Gasteiger charge is -2.29. The van der Waals surface area contributed by atoms with E-state index in [9.17, 15) is 13.2 Å². The summed E-state index contributed by atoms with van der Waals surface area (Å²) in [5.41, 5.74) is 1.99. The molecule has 1 atom stereocenters. The Morgan fingerprint density at radius 3 is 1.81 bits per heavy atom. The van der Waals surface area contributed by atoms with Crippen LogP contribution in [-0.4, -0.2) is 45.3 Å². The summed E-state index contributed by atoms with van der Waals surface area (Å²) in [5, 5.41) is 0. The number of carbonyl (C=O) groups excluding carboxylic acids is 1.